The van der Waals surface area contributed by atoms with Crippen LogP contribution in [0.1, 0.15) is 23.7 Å². The van der Waals surface area contributed by atoms with E-state index >= 15 is 0 Å². The van der Waals surface area contributed by atoms with Gasteiger partial charge in [-0.3, -0.25) is 4.98 Å². The molecule has 0 radical (unpaired) electrons. The molecule has 1 unspecified atom stereocenters. The van der Waals surface area contributed by atoms with Crippen LogP contribution in [-0.4, -0.2) is 20.4 Å². The van der Waals surface area contributed by atoms with Crippen molar-refractivity contribution in [3.05, 3.63) is 53.9 Å². The van der Waals surface area contributed by atoms with Crippen LogP contribution in [0.15, 0.2) is 47.5 Å². The normalized spacial score (nSPS) is 17.5. The highest BCUT2D eigenvalue weighted by Crippen LogP contribution is 2.32. The van der Waals surface area contributed by atoms with Crippen LogP contribution < -0.4 is 10.0 Å². The molecule has 1 aliphatic carbocycles. The number of nitrogens with zero attached hydrogens (tertiary/aromatic N) is 1. The monoisotopic (exact) mass is 303 g/mol. The van der Waals surface area contributed by atoms with Gasteiger partial charge in [0.1, 0.15) is 0 Å². The maximum atomic E-state index is 11.7. The van der Waals surface area contributed by atoms with Crippen molar-refractivity contribution in [1.29, 1.82) is 0 Å². The number of nitrogens with one attached hydrogen (secondary N) is 2. The number of aryl methyl sites for hydroxylation is 1. The number of aromatic nitrogens is 1. The quantitative estimate of drug-likeness (QED) is 0.907. The minimum Gasteiger partial charge on any atom is -0.377 e. The van der Waals surface area contributed by atoms with E-state index in [0.717, 1.165) is 24.2 Å². The molecule has 3 rings (SSSR count). The first-order valence-corrected chi connectivity index (χ1v) is 8.32. The molecule has 0 amide bonds. The molecule has 5 nitrogen and oxygen atoms in total. The minimum atomic E-state index is -3.38. The molecule has 21 heavy (non-hydrogen) atoms. The molecular formula is C15H17N3O2S. The Kier molecular flexibility index (Phi) is 3.65. The lowest BCUT2D eigenvalue weighted by atomic mass is 10.2. The SMILES string of the molecule is CNS(=O)(=O)c1ccc(NC2CCc3cccnc32)cc1. The fraction of sp³-hybridized carbons (Fsp3) is 0.267. The highest BCUT2D eigenvalue weighted by molar-refractivity contribution is 7.89. The fourth-order valence-corrected chi connectivity index (χ4v) is 3.33. The van der Waals surface area contributed by atoms with Crippen molar-refractivity contribution in [2.45, 2.75) is 23.8 Å². The van der Waals surface area contributed by atoms with Crippen molar-refractivity contribution in [3.8, 4) is 0 Å². The second-order valence-corrected chi connectivity index (χ2v) is 6.90. The molecule has 0 fully saturated rings. The van der Waals surface area contributed by atoms with Crippen molar-refractivity contribution < 1.29 is 8.42 Å². The van der Waals surface area contributed by atoms with E-state index < -0.39 is 10.0 Å². The summed E-state index contributed by atoms with van der Waals surface area (Å²) in [5.41, 5.74) is 3.27. The van der Waals surface area contributed by atoms with Gasteiger partial charge in [-0.25, -0.2) is 13.1 Å². The van der Waals surface area contributed by atoms with Gasteiger partial charge in [0.25, 0.3) is 0 Å². The summed E-state index contributed by atoms with van der Waals surface area (Å²) in [6.07, 6.45) is 3.83. The van der Waals surface area contributed by atoms with Crippen molar-refractivity contribution in [2.75, 3.05) is 12.4 Å². The number of rotatable bonds is 4. The van der Waals surface area contributed by atoms with Crippen LogP contribution in [0, 0.1) is 0 Å². The van der Waals surface area contributed by atoms with Crippen LogP contribution in [0.3, 0.4) is 0 Å². The van der Waals surface area contributed by atoms with E-state index in [1.54, 1.807) is 30.5 Å². The maximum absolute atomic E-state index is 11.7. The molecule has 0 saturated heterocycles. The average Bonchev–Trinajstić information content (AvgIpc) is 2.91. The zero-order chi connectivity index (χ0) is 14.9. The van der Waals surface area contributed by atoms with E-state index in [1.165, 1.54) is 12.6 Å². The maximum Gasteiger partial charge on any atom is 0.240 e. The molecule has 6 heteroatoms. The van der Waals surface area contributed by atoms with E-state index in [1.807, 2.05) is 6.07 Å². The number of hydrogen-bond donors (Lipinski definition) is 2. The first-order chi connectivity index (χ1) is 10.1. The van der Waals surface area contributed by atoms with Gasteiger partial charge in [0, 0.05) is 11.9 Å². The molecular weight excluding hydrogens is 286 g/mol. The summed E-state index contributed by atoms with van der Waals surface area (Å²) < 4.78 is 25.7. The topological polar surface area (TPSA) is 71.1 Å². The number of pyridine rings is 1. The zero-order valence-corrected chi connectivity index (χ0v) is 12.5. The van der Waals surface area contributed by atoms with Crippen LogP contribution in [0.2, 0.25) is 0 Å². The predicted octanol–water partition coefficient (Wildman–Crippen LogP) is 2.09. The molecule has 2 aromatic rings. The molecule has 1 atom stereocenters. The van der Waals surface area contributed by atoms with Crippen LogP contribution in [-0.2, 0) is 16.4 Å². The van der Waals surface area contributed by atoms with Crippen molar-refractivity contribution >= 4 is 15.7 Å². The van der Waals surface area contributed by atoms with E-state index in [-0.39, 0.29) is 10.9 Å². The fourth-order valence-electron chi connectivity index (χ4n) is 2.60. The van der Waals surface area contributed by atoms with E-state index in [9.17, 15) is 8.42 Å². The molecule has 2 N–H and O–H groups in total. The summed E-state index contributed by atoms with van der Waals surface area (Å²) in [6, 6.07) is 11.0. The van der Waals surface area contributed by atoms with Crippen LogP contribution in [0.5, 0.6) is 0 Å². The molecule has 1 aromatic heterocycles. The molecule has 1 aromatic carbocycles. The molecule has 1 aliphatic rings. The third-order valence-electron chi connectivity index (χ3n) is 3.73. The van der Waals surface area contributed by atoms with Gasteiger partial charge in [-0.2, -0.15) is 0 Å². The van der Waals surface area contributed by atoms with Crippen molar-refractivity contribution in [1.82, 2.24) is 9.71 Å². The Hall–Kier alpha value is -1.92. The number of fused-ring (bicyclic) bond motifs is 1. The predicted molar refractivity (Wildman–Crippen MR) is 81.6 cm³/mol. The lowest BCUT2D eigenvalue weighted by molar-refractivity contribution is 0.588. The standard InChI is InChI=1S/C15H17N3O2S/c1-16-21(19,20)13-7-5-12(6-8-13)18-14-9-4-11-3-2-10-17-15(11)14/h2-3,5-8,10,14,16,18H,4,9H2,1H3. The van der Waals surface area contributed by atoms with Crippen molar-refractivity contribution in [3.63, 3.8) is 0 Å². The minimum absolute atomic E-state index is 0.188. The highest BCUT2D eigenvalue weighted by Gasteiger charge is 2.23. The molecule has 0 saturated carbocycles. The van der Waals surface area contributed by atoms with Gasteiger partial charge < -0.3 is 5.32 Å². The second kappa shape index (κ2) is 5.46. The Labute approximate surface area is 124 Å². The Morgan fingerprint density at radius 2 is 1.95 bits per heavy atom. The molecule has 0 bridgehead atoms. The number of anilines is 1. The van der Waals surface area contributed by atoms with Gasteiger partial charge in [0.2, 0.25) is 10.0 Å². The van der Waals surface area contributed by atoms with Crippen LogP contribution >= 0.6 is 0 Å². The van der Waals surface area contributed by atoms with Gasteiger partial charge in [-0.1, -0.05) is 6.07 Å². The van der Waals surface area contributed by atoms with Gasteiger partial charge >= 0.3 is 0 Å². The largest absolute Gasteiger partial charge is 0.377 e. The van der Waals surface area contributed by atoms with Crippen molar-refractivity contribution in [2.24, 2.45) is 0 Å². The van der Waals surface area contributed by atoms with E-state index in [0.29, 0.717) is 0 Å². The molecule has 110 valence electrons. The van der Waals surface area contributed by atoms with Crippen LogP contribution in [0.25, 0.3) is 0 Å². The summed E-state index contributed by atoms with van der Waals surface area (Å²) in [4.78, 5) is 4.70. The van der Waals surface area contributed by atoms with Gasteiger partial charge in [0.15, 0.2) is 0 Å². The summed E-state index contributed by atoms with van der Waals surface area (Å²) in [7, 11) is -1.98. The number of hydrogen-bond acceptors (Lipinski definition) is 4. The zero-order valence-electron chi connectivity index (χ0n) is 11.7. The summed E-state index contributed by atoms with van der Waals surface area (Å²) in [6.45, 7) is 0. The molecule has 0 spiro atoms. The van der Waals surface area contributed by atoms with Gasteiger partial charge in [-0.15, -0.1) is 0 Å². The summed E-state index contributed by atoms with van der Waals surface area (Å²) in [5, 5.41) is 3.42. The number of benzene rings is 1. The summed E-state index contributed by atoms with van der Waals surface area (Å²) in [5.74, 6) is 0. The Morgan fingerprint density at radius 1 is 1.19 bits per heavy atom. The number of sulfonamides is 1. The third-order valence-corrected chi connectivity index (χ3v) is 5.16. The Balaban J connectivity index is 1.78. The second-order valence-electron chi connectivity index (χ2n) is 5.02. The third kappa shape index (κ3) is 2.77. The Morgan fingerprint density at radius 3 is 2.67 bits per heavy atom. The van der Waals surface area contributed by atoms with Gasteiger partial charge in [-0.05, 0) is 55.8 Å². The first kappa shape index (κ1) is 14.0. The molecule has 0 aliphatic heterocycles. The smallest absolute Gasteiger partial charge is 0.240 e. The highest BCUT2D eigenvalue weighted by atomic mass is 32.2. The lowest BCUT2D eigenvalue weighted by Crippen LogP contribution is -2.18. The molecule has 1 heterocycles. The van der Waals surface area contributed by atoms with Crippen LogP contribution in [0.4, 0.5) is 5.69 Å². The lowest BCUT2D eigenvalue weighted by Gasteiger charge is -2.15. The summed E-state index contributed by atoms with van der Waals surface area (Å²) >= 11 is 0. The average molecular weight is 303 g/mol. The van der Waals surface area contributed by atoms with E-state index in [4.69, 9.17) is 0 Å². The van der Waals surface area contributed by atoms with Gasteiger partial charge in [0.05, 0.1) is 16.6 Å². The first-order valence-electron chi connectivity index (χ1n) is 6.84. The Bertz CT molecular complexity index is 742. The van der Waals surface area contributed by atoms with E-state index in [2.05, 4.69) is 21.1 Å².